The monoisotopic (exact) mass is 748 g/mol. The van der Waals surface area contributed by atoms with E-state index < -0.39 is 0 Å². The third-order valence-corrected chi connectivity index (χ3v) is 12.4. The first-order valence-electron chi connectivity index (χ1n) is 19.2. The average Bonchev–Trinajstić information content (AvgIpc) is 3.96. The third-order valence-electron chi connectivity index (χ3n) is 11.3. The Morgan fingerprint density at radius 1 is 0.526 bits per heavy atom. The molecule has 0 spiro atoms. The number of thiophene rings is 1. The zero-order valence-corrected chi connectivity index (χ0v) is 31.4. The fourth-order valence-electron chi connectivity index (χ4n) is 8.72. The van der Waals surface area contributed by atoms with Gasteiger partial charge < -0.3 is 14.3 Å². The van der Waals surface area contributed by atoms with E-state index in [1.165, 1.54) is 47.7 Å². The van der Waals surface area contributed by atoms with Crippen molar-refractivity contribution in [3.05, 3.63) is 199 Å². The van der Waals surface area contributed by atoms with Crippen molar-refractivity contribution in [3.8, 4) is 16.8 Å². The van der Waals surface area contributed by atoms with Gasteiger partial charge in [0.2, 0.25) is 0 Å². The van der Waals surface area contributed by atoms with Gasteiger partial charge in [0.25, 0.3) is 0 Å². The molecule has 8 aromatic carbocycles. The van der Waals surface area contributed by atoms with E-state index >= 15 is 0 Å². The molecule has 1 aliphatic heterocycles. The van der Waals surface area contributed by atoms with Crippen LogP contribution in [0.4, 0.5) is 0 Å². The normalized spacial score (nSPS) is 14.5. The molecule has 5 nitrogen and oxygen atoms in total. The van der Waals surface area contributed by atoms with Crippen molar-refractivity contribution in [2.75, 3.05) is 0 Å². The maximum Gasteiger partial charge on any atom is 0.159 e. The molecular weight excluding hydrogens is 717 g/mol. The summed E-state index contributed by atoms with van der Waals surface area (Å²) in [6.45, 7) is 0. The lowest BCUT2D eigenvalue weighted by Crippen LogP contribution is -2.33. The van der Waals surface area contributed by atoms with Gasteiger partial charge in [-0.25, -0.2) is 9.98 Å². The van der Waals surface area contributed by atoms with E-state index in [-0.39, 0.29) is 6.17 Å². The molecule has 1 atom stereocenters. The second-order valence-electron chi connectivity index (χ2n) is 14.5. The summed E-state index contributed by atoms with van der Waals surface area (Å²) >= 11 is 1.84. The Kier molecular flexibility index (Phi) is 7.09. The minimum Gasteiger partial charge on any atom is -0.455 e. The predicted molar refractivity (Wildman–Crippen MR) is 238 cm³/mol. The molecule has 57 heavy (non-hydrogen) atoms. The van der Waals surface area contributed by atoms with E-state index in [4.69, 9.17) is 14.4 Å². The average molecular weight is 749 g/mol. The second-order valence-corrected chi connectivity index (χ2v) is 15.6. The number of fused-ring (bicyclic) bond motifs is 9. The maximum absolute atomic E-state index is 6.83. The Morgan fingerprint density at radius 2 is 1.18 bits per heavy atom. The Balaban J connectivity index is 1.04. The van der Waals surface area contributed by atoms with Crippen molar-refractivity contribution >= 4 is 86.9 Å². The van der Waals surface area contributed by atoms with Crippen molar-refractivity contribution in [3.63, 3.8) is 0 Å². The lowest BCUT2D eigenvalue weighted by molar-refractivity contribution is 0.669. The van der Waals surface area contributed by atoms with E-state index in [0.29, 0.717) is 5.84 Å². The molecule has 6 heteroatoms. The van der Waals surface area contributed by atoms with Crippen LogP contribution in [-0.4, -0.2) is 16.2 Å². The Labute approximate surface area is 331 Å². The highest BCUT2D eigenvalue weighted by Crippen LogP contribution is 2.46. The fourth-order valence-corrected chi connectivity index (χ4v) is 9.87. The number of rotatable bonds is 5. The lowest BCUT2D eigenvalue weighted by atomic mass is 9.96. The summed E-state index contributed by atoms with van der Waals surface area (Å²) in [4.78, 5) is 10.1. The van der Waals surface area contributed by atoms with Gasteiger partial charge >= 0.3 is 0 Å². The highest BCUT2D eigenvalue weighted by molar-refractivity contribution is 7.26. The zero-order chi connectivity index (χ0) is 37.5. The van der Waals surface area contributed by atoms with Crippen LogP contribution in [-0.2, 0) is 0 Å². The number of benzene rings is 8. The quantitative estimate of drug-likeness (QED) is 0.191. The molecule has 3 aromatic heterocycles. The van der Waals surface area contributed by atoms with Gasteiger partial charge in [0, 0.05) is 58.4 Å². The van der Waals surface area contributed by atoms with Crippen LogP contribution >= 0.6 is 11.3 Å². The summed E-state index contributed by atoms with van der Waals surface area (Å²) in [6.07, 6.45) is -0.273. The fraction of sp³-hybridized carbons (Fsp3) is 0.0196. The van der Waals surface area contributed by atoms with Gasteiger partial charge in [-0.1, -0.05) is 133 Å². The molecule has 0 saturated heterocycles. The first-order valence-corrected chi connectivity index (χ1v) is 20.0. The SMILES string of the molecule is c1ccc(C2=NC(c3ccccc3)NC(c3ccc4oc5c(-c6cccc7sc8cccc(-n9c%10ccccc%10c%10ccccc%109)c8c67)cccc5c4c3)=N2)cc1. The van der Waals surface area contributed by atoms with Gasteiger partial charge in [0.1, 0.15) is 23.2 Å². The number of nitrogens with zero attached hydrogens (tertiary/aromatic N) is 3. The van der Waals surface area contributed by atoms with E-state index in [9.17, 15) is 0 Å². The Morgan fingerprint density at radius 3 is 1.96 bits per heavy atom. The van der Waals surface area contributed by atoms with Crippen molar-refractivity contribution in [1.29, 1.82) is 0 Å². The molecule has 0 amide bonds. The topological polar surface area (TPSA) is 54.8 Å². The summed E-state index contributed by atoms with van der Waals surface area (Å²) in [6, 6.07) is 64.3. The Bertz CT molecular complexity index is 3390. The third kappa shape index (κ3) is 5.01. The Hall–Kier alpha value is -7.28. The molecule has 0 saturated carbocycles. The van der Waals surface area contributed by atoms with Gasteiger partial charge in [0.15, 0.2) is 5.84 Å². The minimum atomic E-state index is -0.273. The molecule has 0 radical (unpaired) electrons. The van der Waals surface area contributed by atoms with Crippen LogP contribution in [0.25, 0.3) is 80.7 Å². The van der Waals surface area contributed by atoms with Crippen molar-refractivity contribution in [1.82, 2.24) is 9.88 Å². The molecule has 11 aromatic rings. The van der Waals surface area contributed by atoms with Crippen LogP contribution < -0.4 is 5.32 Å². The van der Waals surface area contributed by atoms with E-state index in [1.54, 1.807) is 0 Å². The number of hydrogen-bond acceptors (Lipinski definition) is 5. The van der Waals surface area contributed by atoms with Crippen LogP contribution in [0, 0.1) is 0 Å². The highest BCUT2D eigenvalue weighted by Gasteiger charge is 2.24. The number of para-hydroxylation sites is 3. The second kappa shape index (κ2) is 12.6. The summed E-state index contributed by atoms with van der Waals surface area (Å²) < 4.78 is 11.8. The van der Waals surface area contributed by atoms with E-state index in [2.05, 4.69) is 155 Å². The smallest absolute Gasteiger partial charge is 0.159 e. The molecule has 0 aliphatic carbocycles. The number of aromatic nitrogens is 1. The van der Waals surface area contributed by atoms with Crippen molar-refractivity contribution < 1.29 is 4.42 Å². The van der Waals surface area contributed by atoms with Gasteiger partial charge in [-0.15, -0.1) is 11.3 Å². The molecule has 12 rings (SSSR count). The molecule has 268 valence electrons. The highest BCUT2D eigenvalue weighted by atomic mass is 32.1. The lowest BCUT2D eigenvalue weighted by Gasteiger charge is -2.23. The predicted octanol–water partition coefficient (Wildman–Crippen LogP) is 13.2. The molecule has 1 N–H and O–H groups in total. The summed E-state index contributed by atoms with van der Waals surface area (Å²) in [7, 11) is 0. The molecule has 1 aliphatic rings. The number of nitrogens with one attached hydrogen (secondary N) is 1. The first-order chi connectivity index (χ1) is 28.3. The number of amidine groups is 2. The van der Waals surface area contributed by atoms with Gasteiger partial charge in [-0.2, -0.15) is 0 Å². The molecule has 1 unspecified atom stereocenters. The number of aliphatic imine (C=N–C) groups is 2. The van der Waals surface area contributed by atoms with Crippen molar-refractivity contribution in [2.45, 2.75) is 6.17 Å². The van der Waals surface area contributed by atoms with E-state index in [1.807, 2.05) is 47.7 Å². The number of furan rings is 1. The standard InChI is InChI=1S/C51H32N4OS/c1-3-14-31(15-4-1)49-52-50(32-16-5-2-6-17-32)54-51(53-49)33-28-29-43-39(30-33)38-22-11-21-37(48(38)56-43)36-20-12-26-44-46(36)47-42(25-13-27-45(47)57-44)55-40-23-9-7-18-34(40)35-19-8-10-24-41(35)55/h1-30,49H,(H,52,53,54). The maximum atomic E-state index is 6.83. The van der Waals surface area contributed by atoms with Gasteiger partial charge in [0.05, 0.1) is 16.7 Å². The van der Waals surface area contributed by atoms with Crippen LogP contribution in [0.1, 0.15) is 22.9 Å². The van der Waals surface area contributed by atoms with Crippen LogP contribution in [0.2, 0.25) is 0 Å². The summed E-state index contributed by atoms with van der Waals surface area (Å²) in [5.74, 6) is 1.48. The van der Waals surface area contributed by atoms with Crippen LogP contribution in [0.3, 0.4) is 0 Å². The molecular formula is C51H32N4OS. The zero-order valence-electron chi connectivity index (χ0n) is 30.6. The van der Waals surface area contributed by atoms with Gasteiger partial charge in [-0.3, -0.25) is 0 Å². The molecule has 0 fully saturated rings. The van der Waals surface area contributed by atoms with E-state index in [0.717, 1.165) is 55.6 Å². The molecule has 4 heterocycles. The minimum absolute atomic E-state index is 0.273. The van der Waals surface area contributed by atoms with Crippen molar-refractivity contribution in [2.24, 2.45) is 9.98 Å². The van der Waals surface area contributed by atoms with Crippen LogP contribution in [0.5, 0.6) is 0 Å². The first kappa shape index (κ1) is 32.0. The summed E-state index contributed by atoms with van der Waals surface area (Å²) in [5, 5.41) is 10.7. The summed E-state index contributed by atoms with van der Waals surface area (Å²) in [5.41, 5.74) is 10.6. The largest absolute Gasteiger partial charge is 0.455 e. The van der Waals surface area contributed by atoms with Crippen LogP contribution in [0.15, 0.2) is 196 Å². The number of hydrogen-bond donors (Lipinski definition) is 1. The molecule has 0 bridgehead atoms. The van der Waals surface area contributed by atoms with Gasteiger partial charge in [-0.05, 0) is 59.7 Å².